The lowest BCUT2D eigenvalue weighted by molar-refractivity contribution is -0.111. The number of nitrogens with one attached hydrogen (secondary N) is 3. The Labute approximate surface area is 201 Å². The maximum atomic E-state index is 14.6. The molecule has 0 radical (unpaired) electrons. The first-order valence-corrected chi connectivity index (χ1v) is 11.3. The van der Waals surface area contributed by atoms with Gasteiger partial charge >= 0.3 is 0 Å². The van der Waals surface area contributed by atoms with Crippen molar-refractivity contribution < 1.29 is 9.18 Å². The minimum atomic E-state index is -0.626. The Bertz CT molecular complexity index is 1390. The number of aromatic amines is 1. The number of rotatable bonds is 6. The second kappa shape index (κ2) is 9.51. The van der Waals surface area contributed by atoms with Crippen LogP contribution in [0.1, 0.15) is 0 Å². The lowest BCUT2D eigenvalue weighted by atomic mass is 10.1. The van der Waals surface area contributed by atoms with Crippen LogP contribution in [-0.2, 0) is 4.79 Å². The van der Waals surface area contributed by atoms with Gasteiger partial charge in [0, 0.05) is 48.8 Å². The van der Waals surface area contributed by atoms with Crippen molar-refractivity contribution in [2.45, 2.75) is 0 Å². The summed E-state index contributed by atoms with van der Waals surface area (Å²) in [5, 5.41) is 12.5. The van der Waals surface area contributed by atoms with Crippen LogP contribution in [0.2, 0.25) is 0 Å². The highest BCUT2D eigenvalue weighted by Gasteiger charge is 2.18. The third-order valence-corrected chi connectivity index (χ3v) is 5.93. The molecular weight excluding hydrogens is 447 g/mol. The molecule has 1 fully saturated rings. The molecule has 0 bridgehead atoms. The molecule has 1 amide bonds. The number of hydrogen-bond acceptors (Lipinski definition) is 7. The number of fused-ring (bicyclic) bond motifs is 1. The van der Waals surface area contributed by atoms with Gasteiger partial charge in [-0.1, -0.05) is 24.8 Å². The Morgan fingerprint density at radius 3 is 2.66 bits per heavy atom. The van der Waals surface area contributed by atoms with E-state index in [0.29, 0.717) is 16.9 Å². The summed E-state index contributed by atoms with van der Waals surface area (Å²) in [6.45, 7) is 7.40. The van der Waals surface area contributed by atoms with Crippen molar-refractivity contribution in [1.29, 1.82) is 0 Å². The van der Waals surface area contributed by atoms with Crippen molar-refractivity contribution in [3.63, 3.8) is 0 Å². The van der Waals surface area contributed by atoms with Crippen LogP contribution in [0.5, 0.6) is 0 Å². The van der Waals surface area contributed by atoms with E-state index in [4.69, 9.17) is 0 Å². The van der Waals surface area contributed by atoms with Crippen molar-refractivity contribution in [1.82, 2.24) is 25.1 Å². The van der Waals surface area contributed by atoms with Gasteiger partial charge in [0.15, 0.2) is 5.65 Å². The van der Waals surface area contributed by atoms with Crippen molar-refractivity contribution in [3.8, 4) is 11.3 Å². The number of aromatic nitrogens is 4. The Morgan fingerprint density at radius 1 is 1.09 bits per heavy atom. The van der Waals surface area contributed by atoms with Gasteiger partial charge in [0.1, 0.15) is 5.39 Å². The van der Waals surface area contributed by atoms with Crippen LogP contribution < -0.4 is 15.5 Å². The highest BCUT2D eigenvalue weighted by atomic mass is 19.1. The van der Waals surface area contributed by atoms with Gasteiger partial charge in [-0.3, -0.25) is 9.89 Å². The number of hydrogen-bond donors (Lipinski definition) is 3. The lowest BCUT2D eigenvalue weighted by Gasteiger charge is -2.34. The Balaban J connectivity index is 1.48. The fraction of sp³-hybridized carbons (Fsp3) is 0.200. The fourth-order valence-corrected chi connectivity index (χ4v) is 4.07. The summed E-state index contributed by atoms with van der Waals surface area (Å²) in [6.07, 6.45) is 1.18. The quantitative estimate of drug-likeness (QED) is 0.367. The van der Waals surface area contributed by atoms with Gasteiger partial charge in [-0.15, -0.1) is 0 Å². The highest BCUT2D eigenvalue weighted by Crippen LogP contribution is 2.31. The van der Waals surface area contributed by atoms with E-state index in [-0.39, 0.29) is 22.9 Å². The number of carbonyl (C=O) groups is 1. The van der Waals surface area contributed by atoms with Crippen LogP contribution in [0.3, 0.4) is 0 Å². The molecule has 0 aliphatic carbocycles. The zero-order valence-electron chi connectivity index (χ0n) is 19.3. The maximum Gasteiger partial charge on any atom is 0.247 e. The van der Waals surface area contributed by atoms with E-state index in [1.54, 1.807) is 24.3 Å². The predicted octanol–water partition coefficient (Wildman–Crippen LogP) is 3.78. The molecule has 1 aliphatic heterocycles. The van der Waals surface area contributed by atoms with Crippen LogP contribution in [0.15, 0.2) is 61.2 Å². The van der Waals surface area contributed by atoms with E-state index in [9.17, 15) is 9.18 Å². The summed E-state index contributed by atoms with van der Waals surface area (Å²) in [5.41, 5.74) is 3.63. The summed E-state index contributed by atoms with van der Waals surface area (Å²) in [7, 11) is 2.13. The van der Waals surface area contributed by atoms with Crippen LogP contribution in [-0.4, -0.2) is 64.2 Å². The van der Waals surface area contributed by atoms with Crippen molar-refractivity contribution in [2.75, 3.05) is 48.8 Å². The van der Waals surface area contributed by atoms with Gasteiger partial charge in [0.05, 0.1) is 5.69 Å². The molecule has 3 N–H and O–H groups in total. The number of likely N-dealkylation sites (N-methyl/N-ethyl adjacent to an activating group) is 1. The first-order valence-electron chi connectivity index (χ1n) is 11.3. The van der Waals surface area contributed by atoms with Crippen molar-refractivity contribution >= 4 is 40.0 Å². The summed E-state index contributed by atoms with van der Waals surface area (Å²) < 4.78 is 14.6. The van der Waals surface area contributed by atoms with E-state index in [1.807, 2.05) is 12.1 Å². The number of carbonyl (C=O) groups excluding carboxylic acids is 1. The second-order valence-electron chi connectivity index (χ2n) is 8.37. The SMILES string of the molecule is C=CC(=O)Nc1cccc(-c2nc(Nc3cccc(N4CCN(C)CC4)c3)nc3n[nH]c(F)c23)c1. The van der Waals surface area contributed by atoms with Crippen LogP contribution in [0, 0.1) is 5.95 Å². The van der Waals surface area contributed by atoms with E-state index in [2.05, 4.69) is 66.4 Å². The molecule has 2 aromatic carbocycles. The second-order valence-corrected chi connectivity index (χ2v) is 8.37. The number of piperazine rings is 1. The van der Waals surface area contributed by atoms with Crippen LogP contribution in [0.4, 0.5) is 27.4 Å². The summed E-state index contributed by atoms with van der Waals surface area (Å²) in [4.78, 5) is 25.4. The Hall–Kier alpha value is -4.31. The fourth-order valence-electron chi connectivity index (χ4n) is 4.07. The summed E-state index contributed by atoms with van der Waals surface area (Å²) in [6, 6.07) is 15.0. The largest absolute Gasteiger partial charge is 0.369 e. The predicted molar refractivity (Wildman–Crippen MR) is 135 cm³/mol. The number of anilines is 4. The zero-order chi connectivity index (χ0) is 24.4. The first kappa shape index (κ1) is 22.5. The van der Waals surface area contributed by atoms with Crippen molar-refractivity contribution in [3.05, 3.63) is 67.1 Å². The van der Waals surface area contributed by atoms with Gasteiger partial charge in [0.2, 0.25) is 17.8 Å². The normalized spacial score (nSPS) is 14.2. The minimum absolute atomic E-state index is 0.175. The van der Waals surface area contributed by atoms with Gasteiger partial charge < -0.3 is 20.4 Å². The lowest BCUT2D eigenvalue weighted by Crippen LogP contribution is -2.44. The monoisotopic (exact) mass is 472 g/mol. The molecule has 3 heterocycles. The Morgan fingerprint density at radius 2 is 1.86 bits per heavy atom. The molecule has 5 rings (SSSR count). The number of amides is 1. The van der Waals surface area contributed by atoms with Crippen LogP contribution >= 0.6 is 0 Å². The first-order chi connectivity index (χ1) is 17.0. The molecular formula is C25H25FN8O. The van der Waals surface area contributed by atoms with Gasteiger partial charge in [-0.05, 0) is 43.5 Å². The minimum Gasteiger partial charge on any atom is -0.369 e. The summed E-state index contributed by atoms with van der Waals surface area (Å²) in [5.74, 6) is -0.679. The van der Waals surface area contributed by atoms with E-state index < -0.39 is 5.95 Å². The zero-order valence-corrected chi connectivity index (χ0v) is 19.3. The Kier molecular flexibility index (Phi) is 6.11. The molecule has 4 aromatic rings. The van der Waals surface area contributed by atoms with E-state index in [0.717, 1.165) is 37.6 Å². The maximum absolute atomic E-state index is 14.6. The summed E-state index contributed by atoms with van der Waals surface area (Å²) >= 11 is 0. The van der Waals surface area contributed by atoms with Gasteiger partial charge in [0.25, 0.3) is 0 Å². The average Bonchev–Trinajstić information content (AvgIpc) is 3.24. The van der Waals surface area contributed by atoms with Crippen LogP contribution in [0.25, 0.3) is 22.3 Å². The van der Waals surface area contributed by atoms with E-state index >= 15 is 0 Å². The highest BCUT2D eigenvalue weighted by molar-refractivity contribution is 6.00. The third kappa shape index (κ3) is 4.82. The number of halogens is 1. The molecule has 0 atom stereocenters. The molecule has 0 spiro atoms. The molecule has 10 heteroatoms. The number of nitrogens with zero attached hydrogens (tertiary/aromatic N) is 5. The number of H-pyrrole nitrogens is 1. The molecule has 1 aliphatic rings. The average molecular weight is 473 g/mol. The standard InChI is InChI=1S/C25H25FN8O/c1-3-20(35)27-17-7-4-6-16(14-17)22-21-23(26)31-32-24(21)30-25(29-22)28-18-8-5-9-19(15-18)34-12-10-33(2)11-13-34/h3-9,14-15H,1,10-13H2,2H3,(H,27,35)(H2,28,29,30,31,32). The molecule has 2 aromatic heterocycles. The van der Waals surface area contributed by atoms with Crippen molar-refractivity contribution in [2.24, 2.45) is 0 Å². The molecule has 0 saturated carbocycles. The molecule has 1 saturated heterocycles. The molecule has 0 unspecified atom stereocenters. The third-order valence-electron chi connectivity index (χ3n) is 5.93. The molecule has 9 nitrogen and oxygen atoms in total. The topological polar surface area (TPSA) is 102 Å². The molecule has 35 heavy (non-hydrogen) atoms. The van der Waals surface area contributed by atoms with Gasteiger partial charge in [-0.25, -0.2) is 4.98 Å². The van der Waals surface area contributed by atoms with Gasteiger partial charge in [-0.2, -0.15) is 14.5 Å². The number of benzene rings is 2. The smallest absolute Gasteiger partial charge is 0.247 e. The van der Waals surface area contributed by atoms with E-state index in [1.165, 1.54) is 6.08 Å². The molecule has 178 valence electrons.